The van der Waals surface area contributed by atoms with Crippen molar-refractivity contribution >= 4 is 11.8 Å². The number of aromatic nitrogens is 8. The molecular weight excluding hydrogens is 480 g/mol. The van der Waals surface area contributed by atoms with E-state index < -0.39 is 0 Å². The van der Waals surface area contributed by atoms with Gasteiger partial charge in [-0.05, 0) is 58.7 Å². The van der Waals surface area contributed by atoms with Gasteiger partial charge >= 0.3 is 0 Å². The largest absolute Gasteiger partial charge is 0.270 e. The average Bonchev–Trinajstić information content (AvgIpc) is 3.63. The Bertz CT molecular complexity index is 1630. The van der Waals surface area contributed by atoms with E-state index in [-0.39, 0.29) is 0 Å². The van der Waals surface area contributed by atoms with Crippen molar-refractivity contribution in [3.05, 3.63) is 108 Å². The molecule has 0 spiro atoms. The first-order chi connectivity index (χ1) is 18.3. The van der Waals surface area contributed by atoms with Crippen LogP contribution >= 0.6 is 11.8 Å². The summed E-state index contributed by atoms with van der Waals surface area (Å²) in [5.41, 5.74) is 7.47. The number of thioether (sulfide) groups is 1. The summed E-state index contributed by atoms with van der Waals surface area (Å²) in [5.74, 6) is 2.13. The Morgan fingerprint density at radius 1 is 0.784 bits per heavy atom. The first-order valence-corrected chi connectivity index (χ1v) is 12.7. The number of hydrogen-bond acceptors (Lipinski definition) is 7. The van der Waals surface area contributed by atoms with Crippen molar-refractivity contribution in [3.8, 4) is 39.6 Å². The molecule has 0 atom stereocenters. The molecule has 0 unspecified atom stereocenters. The lowest BCUT2D eigenvalue weighted by Crippen LogP contribution is -2.00. The van der Waals surface area contributed by atoms with E-state index in [4.69, 9.17) is 0 Å². The quantitative estimate of drug-likeness (QED) is 0.276. The number of pyridine rings is 1. The van der Waals surface area contributed by atoms with Crippen LogP contribution in [0.4, 0.5) is 0 Å². The predicted octanol–water partition coefficient (Wildman–Crippen LogP) is 5.78. The third-order valence-electron chi connectivity index (χ3n) is 5.98. The Morgan fingerprint density at radius 3 is 2.35 bits per heavy atom. The van der Waals surface area contributed by atoms with Gasteiger partial charge in [-0.15, -0.1) is 20.4 Å². The number of aryl methyl sites for hydroxylation is 1. The molecule has 180 valence electrons. The molecule has 6 aromatic rings. The van der Waals surface area contributed by atoms with Gasteiger partial charge in [0.25, 0.3) is 0 Å². The Labute approximate surface area is 217 Å². The first kappa shape index (κ1) is 22.8. The summed E-state index contributed by atoms with van der Waals surface area (Å²) in [7, 11) is 0. The minimum absolute atomic E-state index is 0.579. The van der Waals surface area contributed by atoms with Crippen molar-refractivity contribution in [3.63, 3.8) is 0 Å². The molecule has 0 aliphatic carbocycles. The molecule has 0 amide bonds. The molecular formula is C28H22N8S. The number of tetrazole rings is 1. The Balaban J connectivity index is 1.27. The second kappa shape index (κ2) is 10.2. The predicted molar refractivity (Wildman–Crippen MR) is 144 cm³/mol. The zero-order valence-corrected chi connectivity index (χ0v) is 20.8. The lowest BCUT2D eigenvalue weighted by Gasteiger charge is -2.11. The van der Waals surface area contributed by atoms with Crippen LogP contribution in [0.3, 0.4) is 0 Å². The van der Waals surface area contributed by atoms with Gasteiger partial charge in [0.1, 0.15) is 0 Å². The minimum Gasteiger partial charge on any atom is -0.270 e. The van der Waals surface area contributed by atoms with Gasteiger partial charge in [-0.3, -0.25) is 9.55 Å². The third-order valence-corrected chi connectivity index (χ3v) is 6.98. The lowest BCUT2D eigenvalue weighted by atomic mass is 9.98. The SMILES string of the molecule is Cc1cccc(-n2c(SCc3ccc(-c4ccccc4-c4nn[nH]n4)cc3)nnc2-c2ccncc2)c1. The van der Waals surface area contributed by atoms with E-state index in [0.29, 0.717) is 5.82 Å². The number of hydrogen-bond donors (Lipinski definition) is 1. The number of aromatic amines is 1. The second-order valence-corrected chi connectivity index (χ2v) is 9.43. The van der Waals surface area contributed by atoms with Gasteiger partial charge in [0.2, 0.25) is 5.82 Å². The minimum atomic E-state index is 0.579. The maximum atomic E-state index is 4.55. The summed E-state index contributed by atoms with van der Waals surface area (Å²) in [4.78, 5) is 4.14. The van der Waals surface area contributed by atoms with Gasteiger partial charge in [0.05, 0.1) is 0 Å². The molecule has 0 bridgehead atoms. The van der Waals surface area contributed by atoms with Crippen LogP contribution in [-0.2, 0) is 5.75 Å². The summed E-state index contributed by atoms with van der Waals surface area (Å²) < 4.78 is 2.11. The van der Waals surface area contributed by atoms with Crippen LogP contribution < -0.4 is 0 Å². The molecule has 9 heteroatoms. The molecule has 6 rings (SSSR count). The summed E-state index contributed by atoms with van der Waals surface area (Å²) in [6.07, 6.45) is 3.55. The third kappa shape index (κ3) is 4.76. The summed E-state index contributed by atoms with van der Waals surface area (Å²) in [6, 6.07) is 28.9. The number of benzene rings is 3. The number of nitrogens with zero attached hydrogens (tertiary/aromatic N) is 7. The lowest BCUT2D eigenvalue weighted by molar-refractivity contribution is 0.881. The van der Waals surface area contributed by atoms with E-state index in [0.717, 1.165) is 44.7 Å². The van der Waals surface area contributed by atoms with Crippen LogP contribution in [0.1, 0.15) is 11.1 Å². The molecule has 3 aromatic carbocycles. The highest BCUT2D eigenvalue weighted by atomic mass is 32.2. The van der Waals surface area contributed by atoms with Gasteiger partial charge in [0.15, 0.2) is 11.0 Å². The average molecular weight is 503 g/mol. The number of H-pyrrole nitrogens is 1. The van der Waals surface area contributed by atoms with Crippen molar-refractivity contribution < 1.29 is 0 Å². The molecule has 1 N–H and O–H groups in total. The Hall–Kier alpha value is -4.63. The van der Waals surface area contributed by atoms with E-state index >= 15 is 0 Å². The molecule has 37 heavy (non-hydrogen) atoms. The van der Waals surface area contributed by atoms with Crippen molar-refractivity contribution in [1.82, 2.24) is 40.4 Å². The smallest absolute Gasteiger partial charge is 0.205 e. The molecule has 0 radical (unpaired) electrons. The van der Waals surface area contributed by atoms with E-state index in [1.54, 1.807) is 24.2 Å². The maximum Gasteiger partial charge on any atom is 0.205 e. The van der Waals surface area contributed by atoms with Gasteiger partial charge in [-0.1, -0.05) is 72.4 Å². The molecule has 0 saturated carbocycles. The van der Waals surface area contributed by atoms with Crippen molar-refractivity contribution in [2.24, 2.45) is 0 Å². The van der Waals surface area contributed by atoms with Crippen LogP contribution in [0.2, 0.25) is 0 Å². The van der Waals surface area contributed by atoms with Gasteiger partial charge in [-0.2, -0.15) is 5.21 Å². The van der Waals surface area contributed by atoms with E-state index in [9.17, 15) is 0 Å². The summed E-state index contributed by atoms with van der Waals surface area (Å²) in [6.45, 7) is 2.09. The fourth-order valence-electron chi connectivity index (χ4n) is 4.19. The molecule has 0 aliphatic heterocycles. The zero-order chi connectivity index (χ0) is 25.0. The Kier molecular flexibility index (Phi) is 6.26. The zero-order valence-electron chi connectivity index (χ0n) is 20.0. The molecule has 3 aromatic heterocycles. The standard InChI is InChI=1S/C28H22N8S/c1-19-5-4-6-23(17-19)36-27(22-13-15-29-16-14-22)32-33-28(36)37-18-20-9-11-21(12-10-20)24-7-2-3-8-25(24)26-30-34-35-31-26/h2-17H,18H2,1H3,(H,30,31,34,35). The molecule has 8 nitrogen and oxygen atoms in total. The van der Waals surface area contributed by atoms with Crippen molar-refractivity contribution in [1.29, 1.82) is 0 Å². The monoisotopic (exact) mass is 502 g/mol. The van der Waals surface area contributed by atoms with Crippen molar-refractivity contribution in [2.45, 2.75) is 17.8 Å². The van der Waals surface area contributed by atoms with Crippen LogP contribution in [-0.4, -0.2) is 40.4 Å². The second-order valence-electron chi connectivity index (χ2n) is 8.48. The van der Waals surface area contributed by atoms with Gasteiger partial charge in [0, 0.05) is 35.0 Å². The van der Waals surface area contributed by atoms with Gasteiger partial charge < -0.3 is 0 Å². The maximum absolute atomic E-state index is 4.55. The number of rotatable bonds is 7. The highest BCUT2D eigenvalue weighted by Gasteiger charge is 2.17. The van der Waals surface area contributed by atoms with Crippen molar-refractivity contribution in [2.75, 3.05) is 0 Å². The highest BCUT2D eigenvalue weighted by Crippen LogP contribution is 2.32. The van der Waals surface area contributed by atoms with Crippen LogP contribution in [0.5, 0.6) is 0 Å². The van der Waals surface area contributed by atoms with Crippen LogP contribution in [0.25, 0.3) is 39.6 Å². The Morgan fingerprint density at radius 2 is 1.59 bits per heavy atom. The summed E-state index contributed by atoms with van der Waals surface area (Å²) in [5, 5.41) is 24.4. The highest BCUT2D eigenvalue weighted by molar-refractivity contribution is 7.98. The van der Waals surface area contributed by atoms with Crippen LogP contribution in [0.15, 0.2) is 102 Å². The first-order valence-electron chi connectivity index (χ1n) is 11.7. The van der Waals surface area contributed by atoms with E-state index in [1.165, 1.54) is 11.1 Å². The van der Waals surface area contributed by atoms with E-state index in [2.05, 4.69) is 102 Å². The number of nitrogens with one attached hydrogen (secondary N) is 1. The fourth-order valence-corrected chi connectivity index (χ4v) is 5.09. The van der Waals surface area contributed by atoms with Gasteiger partial charge in [-0.25, -0.2) is 0 Å². The fraction of sp³-hybridized carbons (Fsp3) is 0.0714. The topological polar surface area (TPSA) is 98.1 Å². The van der Waals surface area contributed by atoms with E-state index in [1.807, 2.05) is 30.3 Å². The molecule has 0 aliphatic rings. The molecule has 3 heterocycles. The molecule has 0 saturated heterocycles. The van der Waals surface area contributed by atoms with Crippen LogP contribution in [0, 0.1) is 6.92 Å². The summed E-state index contributed by atoms with van der Waals surface area (Å²) >= 11 is 1.66. The molecule has 0 fully saturated rings. The normalized spacial score (nSPS) is 11.1.